The zero-order valence-corrected chi connectivity index (χ0v) is 14.1. The molecule has 4 saturated heterocycles. The van der Waals surface area contributed by atoms with Crippen molar-refractivity contribution in [3.05, 3.63) is 0 Å². The Morgan fingerprint density at radius 3 is 1.68 bits per heavy atom. The molecule has 2 nitrogen and oxygen atoms in total. The van der Waals surface area contributed by atoms with E-state index in [1.165, 1.54) is 64.7 Å². The fourth-order valence-corrected chi connectivity index (χ4v) is 5.25. The van der Waals surface area contributed by atoms with E-state index in [2.05, 4.69) is 19.3 Å². The molecule has 4 unspecified atom stereocenters. The van der Waals surface area contributed by atoms with Gasteiger partial charge in [0.2, 0.25) is 0 Å². The predicted octanol–water partition coefficient (Wildman–Crippen LogP) is 2.76. The Morgan fingerprint density at radius 2 is 1.21 bits per heavy atom. The molecule has 2 bridgehead atoms. The first kappa shape index (κ1) is 14.8. The third kappa shape index (κ3) is 2.92. The third-order valence-corrected chi connectivity index (χ3v) is 5.96. The Kier molecular flexibility index (Phi) is 5.26. The summed E-state index contributed by atoms with van der Waals surface area (Å²) >= 11 is 2.02. The first-order valence-electron chi connectivity index (χ1n) is 8.02. The van der Waals surface area contributed by atoms with Gasteiger partial charge in [0.15, 0.2) is 0 Å². The van der Waals surface area contributed by atoms with Crippen LogP contribution >= 0.6 is 9.53 Å². The van der Waals surface area contributed by atoms with Crippen molar-refractivity contribution in [2.24, 2.45) is 11.8 Å². The van der Waals surface area contributed by atoms with Crippen LogP contribution in [0.4, 0.5) is 0 Å². The Morgan fingerprint density at radius 1 is 0.737 bits per heavy atom. The maximum absolute atomic E-state index is 4.53. The van der Waals surface area contributed by atoms with Crippen LogP contribution in [0.2, 0.25) is 0 Å². The fraction of sp³-hybridized carbons (Fsp3) is 1.00. The number of piperidine rings is 4. The van der Waals surface area contributed by atoms with Gasteiger partial charge in [-0.05, 0) is 57.0 Å². The minimum atomic E-state index is 0.961. The molecular formula is C15H27ClN2Pd. The van der Waals surface area contributed by atoms with Crippen LogP contribution in [0.1, 0.15) is 44.9 Å². The van der Waals surface area contributed by atoms with E-state index in [9.17, 15) is 0 Å². The zero-order valence-electron chi connectivity index (χ0n) is 11.7. The first-order valence-corrected chi connectivity index (χ1v) is 10.1. The van der Waals surface area contributed by atoms with Gasteiger partial charge in [-0.3, -0.25) is 9.80 Å². The van der Waals surface area contributed by atoms with Crippen molar-refractivity contribution in [1.82, 2.24) is 9.80 Å². The van der Waals surface area contributed by atoms with Crippen LogP contribution in [0.25, 0.3) is 0 Å². The third-order valence-electron chi connectivity index (χ3n) is 5.96. The number of hydrogen-bond acceptors (Lipinski definition) is 2. The summed E-state index contributed by atoms with van der Waals surface area (Å²) in [6, 6.07) is 1.92. The summed E-state index contributed by atoms with van der Waals surface area (Å²) in [5, 5.41) is 0. The van der Waals surface area contributed by atoms with Gasteiger partial charge in [0, 0.05) is 25.2 Å². The van der Waals surface area contributed by atoms with E-state index in [0.717, 1.165) is 23.9 Å². The molecule has 4 rings (SSSR count). The fourth-order valence-electron chi connectivity index (χ4n) is 5.25. The molecular weight excluding hydrogens is 350 g/mol. The molecule has 0 radical (unpaired) electrons. The molecule has 0 aromatic heterocycles. The summed E-state index contributed by atoms with van der Waals surface area (Å²) in [4.78, 5) is 5.74. The molecule has 0 saturated carbocycles. The van der Waals surface area contributed by atoms with Crippen molar-refractivity contribution in [3.8, 4) is 0 Å². The van der Waals surface area contributed by atoms with E-state index in [1.54, 1.807) is 6.42 Å². The van der Waals surface area contributed by atoms with Crippen LogP contribution < -0.4 is 0 Å². The normalized spacial score (nSPS) is 42.7. The van der Waals surface area contributed by atoms with Crippen molar-refractivity contribution in [2.75, 3.05) is 26.2 Å². The Bertz CT molecular complexity index is 274. The Labute approximate surface area is 132 Å². The molecule has 0 aliphatic carbocycles. The average Bonchev–Trinajstić information content (AvgIpc) is 2.50. The number of rotatable bonds is 0. The van der Waals surface area contributed by atoms with Gasteiger partial charge in [-0.15, -0.1) is 0 Å². The number of fused-ring (bicyclic) bond motifs is 6. The van der Waals surface area contributed by atoms with Crippen molar-refractivity contribution in [1.29, 1.82) is 0 Å². The average molecular weight is 377 g/mol. The van der Waals surface area contributed by atoms with Crippen LogP contribution in [0.5, 0.6) is 0 Å². The van der Waals surface area contributed by atoms with E-state index in [0.29, 0.717) is 0 Å². The quantitative estimate of drug-likeness (QED) is 0.599. The summed E-state index contributed by atoms with van der Waals surface area (Å²) in [5.74, 6) is 2.03. The molecule has 0 aromatic carbocycles. The SMILES string of the molecule is C1CCN2CC3CC(CN4CCCCC34)C2C1.[Cl][PdH]. The second-order valence-electron chi connectivity index (χ2n) is 6.87. The van der Waals surface area contributed by atoms with Crippen molar-refractivity contribution in [2.45, 2.75) is 57.0 Å². The molecule has 0 spiro atoms. The van der Waals surface area contributed by atoms with Gasteiger partial charge in [0.1, 0.15) is 0 Å². The molecule has 0 aromatic rings. The van der Waals surface area contributed by atoms with Crippen LogP contribution in [-0.4, -0.2) is 48.1 Å². The standard InChI is InChI=1S/C15H26N2.ClH.Pd.H/c1-3-7-16-11-13-9-12(14(16)5-1)10-17-8-4-2-6-15(13)17;;;/h12-15H,1-11H2;1H;;/q;;+1;/p-1. The topological polar surface area (TPSA) is 6.48 Å². The summed E-state index contributed by atoms with van der Waals surface area (Å²) in [6.45, 7) is 5.68. The van der Waals surface area contributed by atoms with E-state index in [1.807, 2.05) is 18.2 Å². The van der Waals surface area contributed by atoms with Crippen LogP contribution in [0.15, 0.2) is 0 Å². The molecule has 4 aliphatic heterocycles. The molecule has 4 atom stereocenters. The van der Waals surface area contributed by atoms with E-state index in [4.69, 9.17) is 0 Å². The van der Waals surface area contributed by atoms with Crippen LogP contribution in [0, 0.1) is 11.8 Å². The summed E-state index contributed by atoms with van der Waals surface area (Å²) < 4.78 is 0. The van der Waals surface area contributed by atoms with Crippen molar-refractivity contribution < 1.29 is 18.2 Å². The monoisotopic (exact) mass is 376 g/mol. The Balaban J connectivity index is 0.000000528. The van der Waals surface area contributed by atoms with Crippen molar-refractivity contribution in [3.63, 3.8) is 0 Å². The summed E-state index contributed by atoms with van der Waals surface area (Å²) in [7, 11) is 4.53. The molecule has 4 aliphatic rings. The molecule has 19 heavy (non-hydrogen) atoms. The van der Waals surface area contributed by atoms with Gasteiger partial charge < -0.3 is 0 Å². The number of hydrogen-bond donors (Lipinski definition) is 0. The second-order valence-corrected chi connectivity index (χ2v) is 6.87. The van der Waals surface area contributed by atoms with Crippen LogP contribution in [0.3, 0.4) is 0 Å². The molecule has 4 heteroatoms. The van der Waals surface area contributed by atoms with E-state index >= 15 is 0 Å². The summed E-state index contributed by atoms with van der Waals surface area (Å²) in [5.41, 5.74) is 0. The summed E-state index contributed by atoms with van der Waals surface area (Å²) in [6.07, 6.45) is 10.5. The van der Waals surface area contributed by atoms with Gasteiger partial charge in [0.25, 0.3) is 0 Å². The first-order chi connectivity index (χ1) is 9.42. The number of halogens is 1. The van der Waals surface area contributed by atoms with Crippen molar-refractivity contribution >= 4 is 9.53 Å². The van der Waals surface area contributed by atoms with Gasteiger partial charge in [-0.2, -0.15) is 0 Å². The van der Waals surface area contributed by atoms with E-state index < -0.39 is 0 Å². The number of nitrogens with zero attached hydrogens (tertiary/aromatic N) is 2. The molecule has 114 valence electrons. The van der Waals surface area contributed by atoms with Crippen LogP contribution in [-0.2, 0) is 18.2 Å². The molecule has 4 heterocycles. The second kappa shape index (κ2) is 6.76. The zero-order chi connectivity index (χ0) is 13.2. The predicted molar refractivity (Wildman–Crippen MR) is 77.3 cm³/mol. The van der Waals surface area contributed by atoms with E-state index in [-0.39, 0.29) is 0 Å². The molecule has 4 fully saturated rings. The Hall–Kier alpha value is 0.872. The molecule has 0 amide bonds. The van der Waals surface area contributed by atoms with Gasteiger partial charge in [-0.25, -0.2) is 0 Å². The van der Waals surface area contributed by atoms with Gasteiger partial charge in [-0.1, -0.05) is 12.8 Å². The maximum atomic E-state index is 4.53. The minimum absolute atomic E-state index is 0.961. The van der Waals surface area contributed by atoms with Gasteiger partial charge in [0.05, 0.1) is 0 Å². The molecule has 0 N–H and O–H groups in total. The van der Waals surface area contributed by atoms with Gasteiger partial charge >= 0.3 is 27.7 Å².